The van der Waals surface area contributed by atoms with Crippen LogP contribution in [0.3, 0.4) is 0 Å². The maximum Gasteiger partial charge on any atom is 0.257 e. The topological polar surface area (TPSA) is 133 Å². The molecule has 0 aliphatic rings. The lowest BCUT2D eigenvalue weighted by Gasteiger charge is -2.06. The predicted octanol–water partition coefficient (Wildman–Crippen LogP) is -0.0173. The van der Waals surface area contributed by atoms with Crippen LogP contribution >= 0.6 is 0 Å². The molecule has 9 heteroatoms. The number of rotatable bonds is 5. The summed E-state index contributed by atoms with van der Waals surface area (Å²) >= 11 is 0. The zero-order valence-electron chi connectivity index (χ0n) is 10.3. The number of sulfonamides is 1. The quantitative estimate of drug-likeness (QED) is 0.266. The molecule has 5 N–H and O–H groups in total. The minimum atomic E-state index is -3.63. The van der Waals surface area contributed by atoms with Crippen LogP contribution in [-0.4, -0.2) is 29.7 Å². The van der Waals surface area contributed by atoms with Gasteiger partial charge in [0.25, 0.3) is 10.0 Å². The second-order valence-corrected chi connectivity index (χ2v) is 5.67. The fourth-order valence-corrected chi connectivity index (χ4v) is 2.47. The third-order valence-electron chi connectivity index (χ3n) is 2.56. The normalized spacial score (nSPS) is 12.5. The van der Waals surface area contributed by atoms with Crippen LogP contribution in [-0.2, 0) is 16.6 Å². The molecule has 0 saturated heterocycles. The number of aromatic nitrogens is 2. The molecule has 1 heterocycles. The van der Waals surface area contributed by atoms with Gasteiger partial charge in [-0.2, -0.15) is 5.10 Å². The van der Waals surface area contributed by atoms with E-state index < -0.39 is 10.0 Å². The number of nitrogens with two attached hydrogens (primary N) is 1. The second-order valence-electron chi connectivity index (χ2n) is 3.93. The molecule has 20 heavy (non-hydrogen) atoms. The van der Waals surface area contributed by atoms with Crippen LogP contribution in [0.1, 0.15) is 11.1 Å². The first-order valence-electron chi connectivity index (χ1n) is 5.59. The van der Waals surface area contributed by atoms with Crippen LogP contribution in [0.25, 0.3) is 0 Å². The first-order valence-corrected chi connectivity index (χ1v) is 7.07. The van der Waals surface area contributed by atoms with Gasteiger partial charge >= 0.3 is 0 Å². The summed E-state index contributed by atoms with van der Waals surface area (Å²) in [6.07, 6.45) is 1.35. The summed E-state index contributed by atoms with van der Waals surface area (Å²) in [6, 6.07) is 8.05. The molecule has 1 aromatic carbocycles. The van der Waals surface area contributed by atoms with E-state index >= 15 is 0 Å². The largest absolute Gasteiger partial charge is 0.409 e. The third-order valence-corrected chi connectivity index (χ3v) is 3.89. The highest BCUT2D eigenvalue weighted by molar-refractivity contribution is 7.89. The van der Waals surface area contributed by atoms with Gasteiger partial charge in [-0.3, -0.25) is 5.10 Å². The van der Waals surface area contributed by atoms with Gasteiger partial charge in [0.2, 0.25) is 0 Å². The van der Waals surface area contributed by atoms with Crippen LogP contribution in [0.4, 0.5) is 0 Å². The Hall–Kier alpha value is -2.39. The van der Waals surface area contributed by atoms with E-state index in [1.807, 2.05) is 0 Å². The molecule has 0 radical (unpaired) electrons. The lowest BCUT2D eigenvalue weighted by Crippen LogP contribution is -2.24. The number of benzene rings is 1. The predicted molar refractivity (Wildman–Crippen MR) is 71.6 cm³/mol. The number of nitrogens with one attached hydrogen (secondary N) is 2. The Morgan fingerprint density at radius 3 is 2.90 bits per heavy atom. The van der Waals surface area contributed by atoms with E-state index in [1.165, 1.54) is 12.3 Å². The monoisotopic (exact) mass is 295 g/mol. The molecule has 1 aromatic heterocycles. The maximum atomic E-state index is 11.9. The van der Waals surface area contributed by atoms with Crippen molar-refractivity contribution in [1.82, 2.24) is 14.9 Å². The van der Waals surface area contributed by atoms with Gasteiger partial charge in [-0.15, -0.1) is 0 Å². The van der Waals surface area contributed by atoms with Crippen molar-refractivity contribution in [3.8, 4) is 0 Å². The van der Waals surface area contributed by atoms with Gasteiger partial charge in [-0.1, -0.05) is 23.4 Å². The van der Waals surface area contributed by atoms with E-state index in [0.29, 0.717) is 11.1 Å². The van der Waals surface area contributed by atoms with Crippen molar-refractivity contribution in [3.05, 3.63) is 47.7 Å². The highest BCUT2D eigenvalue weighted by Gasteiger charge is 2.14. The van der Waals surface area contributed by atoms with Crippen molar-refractivity contribution in [1.29, 1.82) is 0 Å². The molecule has 8 nitrogen and oxygen atoms in total. The van der Waals surface area contributed by atoms with Crippen LogP contribution < -0.4 is 10.5 Å². The second kappa shape index (κ2) is 5.72. The average molecular weight is 295 g/mol. The Bertz CT molecular complexity index is 709. The molecule has 0 spiro atoms. The molecule has 0 unspecified atom stereocenters. The Balaban J connectivity index is 2.12. The zero-order valence-corrected chi connectivity index (χ0v) is 11.1. The van der Waals surface area contributed by atoms with Gasteiger partial charge in [0.15, 0.2) is 10.9 Å². The molecule has 106 valence electrons. The van der Waals surface area contributed by atoms with E-state index in [0.717, 1.165) is 0 Å². The van der Waals surface area contributed by atoms with E-state index in [-0.39, 0.29) is 17.4 Å². The van der Waals surface area contributed by atoms with E-state index in [4.69, 9.17) is 10.9 Å². The number of nitrogens with zero attached hydrogens (tertiary/aromatic N) is 2. The van der Waals surface area contributed by atoms with Gasteiger partial charge in [-0.05, 0) is 17.7 Å². The number of oxime groups is 1. The molecular formula is C11H13N5O3S. The minimum Gasteiger partial charge on any atom is -0.409 e. The molecule has 0 aliphatic carbocycles. The van der Waals surface area contributed by atoms with Gasteiger partial charge < -0.3 is 10.9 Å². The zero-order chi connectivity index (χ0) is 14.6. The van der Waals surface area contributed by atoms with Gasteiger partial charge in [0, 0.05) is 12.1 Å². The Morgan fingerprint density at radius 2 is 2.25 bits per heavy atom. The number of hydrogen-bond acceptors (Lipinski definition) is 5. The van der Waals surface area contributed by atoms with Crippen molar-refractivity contribution in [3.63, 3.8) is 0 Å². The molecule has 2 aromatic rings. The molecule has 0 saturated carbocycles. The molecule has 0 fully saturated rings. The van der Waals surface area contributed by atoms with Crippen LogP contribution in [0.15, 0.2) is 46.7 Å². The summed E-state index contributed by atoms with van der Waals surface area (Å²) in [5.41, 5.74) is 6.65. The van der Waals surface area contributed by atoms with E-state index in [1.54, 1.807) is 24.3 Å². The van der Waals surface area contributed by atoms with Crippen LogP contribution in [0.2, 0.25) is 0 Å². The Morgan fingerprint density at radius 1 is 1.45 bits per heavy atom. The van der Waals surface area contributed by atoms with Crippen molar-refractivity contribution in [2.24, 2.45) is 10.9 Å². The first kappa shape index (κ1) is 14.0. The standard InChI is InChI=1S/C11H13N5O3S/c12-11(16-17)9-3-1-2-8(6-9)7-14-20(18,19)10-4-5-13-15-10/h1-6,14,17H,7H2,(H2,12,16)(H,13,15). The van der Waals surface area contributed by atoms with Crippen molar-refractivity contribution >= 4 is 15.9 Å². The fraction of sp³-hybridized carbons (Fsp3) is 0.0909. The summed E-state index contributed by atoms with van der Waals surface area (Å²) in [5, 5.41) is 17.5. The summed E-state index contributed by atoms with van der Waals surface area (Å²) in [6.45, 7) is 0.0773. The molecule has 0 amide bonds. The summed E-state index contributed by atoms with van der Waals surface area (Å²) < 4.78 is 26.2. The van der Waals surface area contributed by atoms with Crippen molar-refractivity contribution in [2.75, 3.05) is 0 Å². The first-order chi connectivity index (χ1) is 9.53. The van der Waals surface area contributed by atoms with E-state index in [9.17, 15) is 8.42 Å². The van der Waals surface area contributed by atoms with Gasteiger partial charge in [0.05, 0.1) is 6.20 Å². The SMILES string of the molecule is N/C(=N/O)c1cccc(CNS(=O)(=O)c2ccn[nH]2)c1. The highest BCUT2D eigenvalue weighted by Crippen LogP contribution is 2.08. The lowest BCUT2D eigenvalue weighted by atomic mass is 10.1. The number of H-pyrrole nitrogens is 1. The maximum absolute atomic E-state index is 11.9. The third kappa shape index (κ3) is 3.13. The van der Waals surface area contributed by atoms with Crippen LogP contribution in [0, 0.1) is 0 Å². The Labute approximate surface area is 115 Å². The molecule has 0 bridgehead atoms. The smallest absolute Gasteiger partial charge is 0.257 e. The molecule has 2 rings (SSSR count). The lowest BCUT2D eigenvalue weighted by molar-refractivity contribution is 0.318. The summed E-state index contributed by atoms with van der Waals surface area (Å²) in [5.74, 6) is -0.0386. The fourth-order valence-electron chi connectivity index (χ4n) is 1.55. The van der Waals surface area contributed by atoms with Crippen molar-refractivity contribution < 1.29 is 13.6 Å². The summed E-state index contributed by atoms with van der Waals surface area (Å²) in [7, 11) is -3.63. The number of hydrogen-bond donors (Lipinski definition) is 4. The van der Waals surface area contributed by atoms with Crippen LogP contribution in [0.5, 0.6) is 0 Å². The molecular weight excluding hydrogens is 282 g/mol. The van der Waals surface area contributed by atoms with Crippen molar-refractivity contribution in [2.45, 2.75) is 11.6 Å². The number of aromatic amines is 1. The highest BCUT2D eigenvalue weighted by atomic mass is 32.2. The van der Waals surface area contributed by atoms with E-state index in [2.05, 4.69) is 20.1 Å². The molecule has 0 atom stereocenters. The van der Waals surface area contributed by atoms with Gasteiger partial charge in [0.1, 0.15) is 0 Å². The van der Waals surface area contributed by atoms with Gasteiger partial charge in [-0.25, -0.2) is 13.1 Å². The average Bonchev–Trinajstić information content (AvgIpc) is 3.00. The Kier molecular flexibility index (Phi) is 4.01. The minimum absolute atomic E-state index is 0.00918. The summed E-state index contributed by atoms with van der Waals surface area (Å²) in [4.78, 5) is 0. The number of amidine groups is 1. The molecule has 0 aliphatic heterocycles.